The molecular weight excluding hydrogens is 500 g/mol. The zero-order valence-corrected chi connectivity index (χ0v) is 23.3. The highest BCUT2D eigenvalue weighted by Gasteiger charge is 2.27. The van der Waals surface area contributed by atoms with Crippen LogP contribution in [0.5, 0.6) is 5.75 Å². The predicted octanol–water partition coefficient (Wildman–Crippen LogP) is 6.87. The van der Waals surface area contributed by atoms with Gasteiger partial charge >= 0.3 is 6.03 Å². The number of aromatic nitrogens is 2. The van der Waals surface area contributed by atoms with Crippen LogP contribution in [-0.2, 0) is 11.8 Å². The second kappa shape index (κ2) is 11.4. The summed E-state index contributed by atoms with van der Waals surface area (Å²) in [5, 5.41) is 21.3. The Morgan fingerprint density at radius 1 is 0.975 bits per heavy atom. The largest absolute Gasteiger partial charge is 0.507 e. The first kappa shape index (κ1) is 27.2. The van der Waals surface area contributed by atoms with Crippen LogP contribution in [0.25, 0.3) is 11.3 Å². The van der Waals surface area contributed by atoms with Gasteiger partial charge in [-0.2, -0.15) is 9.78 Å². The normalized spacial score (nSPS) is 13.5. The van der Waals surface area contributed by atoms with Crippen LogP contribution in [0.4, 0.5) is 10.5 Å². The highest BCUT2D eigenvalue weighted by molar-refractivity contribution is 6.04. The van der Waals surface area contributed by atoms with E-state index in [1.54, 1.807) is 12.1 Å². The molecule has 1 fully saturated rings. The summed E-state index contributed by atoms with van der Waals surface area (Å²) in [6.07, 6.45) is 3.87. The van der Waals surface area contributed by atoms with Crippen molar-refractivity contribution in [1.29, 1.82) is 0 Å². The van der Waals surface area contributed by atoms with Gasteiger partial charge in [0, 0.05) is 35.3 Å². The molecule has 7 nitrogen and oxygen atoms in total. The number of phenolic OH excluding ortho intramolecular Hbond substituents is 1. The molecule has 0 bridgehead atoms. The Hall–Kier alpha value is -4.39. The summed E-state index contributed by atoms with van der Waals surface area (Å²) < 4.78 is 1.44. The molecular formula is C33H36N4O3. The zero-order chi connectivity index (χ0) is 28.3. The lowest BCUT2D eigenvalue weighted by Gasteiger charge is -2.25. The first-order chi connectivity index (χ1) is 19.2. The van der Waals surface area contributed by atoms with Gasteiger partial charge in [0.1, 0.15) is 5.75 Å². The Kier molecular flexibility index (Phi) is 7.74. The summed E-state index contributed by atoms with van der Waals surface area (Å²) in [7, 11) is 0. The summed E-state index contributed by atoms with van der Waals surface area (Å²) in [4.78, 5) is 25.9. The number of aromatic hydroxyl groups is 1. The summed E-state index contributed by atoms with van der Waals surface area (Å²) in [6, 6.07) is 24.1. The summed E-state index contributed by atoms with van der Waals surface area (Å²) in [5.74, 6) is -0.00185. The van der Waals surface area contributed by atoms with Crippen LogP contribution in [-0.4, -0.2) is 33.4 Å². The van der Waals surface area contributed by atoms with Gasteiger partial charge in [-0.3, -0.25) is 4.79 Å². The van der Waals surface area contributed by atoms with Crippen molar-refractivity contribution >= 4 is 17.6 Å². The van der Waals surface area contributed by atoms with Gasteiger partial charge in [-0.15, -0.1) is 0 Å². The number of hydrogen-bond acceptors (Lipinski definition) is 4. The van der Waals surface area contributed by atoms with Crippen LogP contribution in [0.1, 0.15) is 73.1 Å². The molecule has 1 aliphatic carbocycles. The molecule has 0 atom stereocenters. The molecule has 0 unspecified atom stereocenters. The summed E-state index contributed by atoms with van der Waals surface area (Å²) >= 11 is 0. The molecule has 40 heavy (non-hydrogen) atoms. The minimum atomic E-state index is -0.273. The third kappa shape index (κ3) is 6.09. The fraction of sp³-hybridized carbons (Fsp3) is 0.303. The smallest absolute Gasteiger partial charge is 0.342 e. The van der Waals surface area contributed by atoms with Crippen LogP contribution < -0.4 is 10.6 Å². The number of benzene rings is 3. The molecule has 2 amide bonds. The topological polar surface area (TPSA) is 96.3 Å². The average Bonchev–Trinajstić information content (AvgIpc) is 3.32. The predicted molar refractivity (Wildman–Crippen MR) is 158 cm³/mol. The number of nitrogens with zero attached hydrogens (tertiary/aromatic N) is 2. The number of amides is 2. The molecule has 206 valence electrons. The molecule has 0 aliphatic heterocycles. The van der Waals surface area contributed by atoms with Crippen molar-refractivity contribution in [2.75, 3.05) is 11.9 Å². The van der Waals surface area contributed by atoms with Crippen LogP contribution in [0, 0.1) is 0 Å². The lowest BCUT2D eigenvalue weighted by atomic mass is 9.82. The van der Waals surface area contributed by atoms with E-state index in [-0.39, 0.29) is 29.0 Å². The van der Waals surface area contributed by atoms with Gasteiger partial charge in [-0.1, -0.05) is 69.7 Å². The van der Waals surface area contributed by atoms with Gasteiger partial charge in [0.2, 0.25) is 0 Å². The maximum atomic E-state index is 13.1. The molecule has 7 heteroatoms. The molecule has 5 rings (SSSR count). The van der Waals surface area contributed by atoms with Crippen LogP contribution >= 0.6 is 0 Å². The monoisotopic (exact) mass is 536 g/mol. The van der Waals surface area contributed by atoms with E-state index in [0.29, 0.717) is 29.1 Å². The molecule has 1 aliphatic rings. The molecule has 1 heterocycles. The summed E-state index contributed by atoms with van der Waals surface area (Å²) in [6.45, 7) is 6.88. The highest BCUT2D eigenvalue weighted by Crippen LogP contribution is 2.39. The van der Waals surface area contributed by atoms with Gasteiger partial charge in [-0.25, -0.2) is 4.79 Å². The first-order valence-corrected chi connectivity index (χ1v) is 13.9. The minimum Gasteiger partial charge on any atom is -0.507 e. The number of hydrogen-bond donors (Lipinski definition) is 3. The highest BCUT2D eigenvalue weighted by atomic mass is 16.3. The molecule has 3 aromatic carbocycles. The quantitative estimate of drug-likeness (QED) is 0.240. The molecule has 1 saturated carbocycles. The van der Waals surface area contributed by atoms with E-state index in [4.69, 9.17) is 0 Å². The number of nitrogens with one attached hydrogen (secondary N) is 2. The van der Waals surface area contributed by atoms with Crippen LogP contribution in [0.3, 0.4) is 0 Å². The maximum Gasteiger partial charge on any atom is 0.342 e. The third-order valence-electron chi connectivity index (χ3n) is 7.53. The van der Waals surface area contributed by atoms with Crippen molar-refractivity contribution in [3.8, 4) is 17.0 Å². The second-order valence-corrected chi connectivity index (χ2v) is 11.5. The Morgan fingerprint density at radius 3 is 2.33 bits per heavy atom. The van der Waals surface area contributed by atoms with Gasteiger partial charge < -0.3 is 15.7 Å². The Morgan fingerprint density at radius 2 is 1.70 bits per heavy atom. The minimum absolute atomic E-state index is 0.00491. The standard InChI is InChI=1S/C33H36N4O3/c1-33(2,3)25-14-12-24(13-15-25)31(39)35-26-16-17-27(30(38)20-26)28-21-29(23-10-7-11-23)37(36-28)32(40)34-19-18-22-8-5-4-6-9-22/h4-6,8-9,12-17,20-21,23,38H,7,10-11,18-19H2,1-3H3,(H,34,40)(H,35,39). The molecule has 0 saturated heterocycles. The van der Waals surface area contributed by atoms with Crippen LogP contribution in [0.2, 0.25) is 0 Å². The first-order valence-electron chi connectivity index (χ1n) is 13.9. The second-order valence-electron chi connectivity index (χ2n) is 11.5. The fourth-order valence-electron chi connectivity index (χ4n) is 4.87. The average molecular weight is 537 g/mol. The Bertz CT molecular complexity index is 1500. The van der Waals surface area contributed by atoms with E-state index in [0.717, 1.165) is 42.5 Å². The Labute approximate surface area is 235 Å². The molecule has 0 radical (unpaired) electrons. The van der Waals surface area contributed by atoms with E-state index in [9.17, 15) is 14.7 Å². The van der Waals surface area contributed by atoms with Crippen LogP contribution in [0.15, 0.2) is 78.9 Å². The van der Waals surface area contributed by atoms with E-state index in [1.165, 1.54) is 10.7 Å². The van der Waals surface area contributed by atoms with E-state index in [2.05, 4.69) is 36.5 Å². The van der Waals surface area contributed by atoms with Crippen molar-refractivity contribution in [3.63, 3.8) is 0 Å². The third-order valence-corrected chi connectivity index (χ3v) is 7.53. The van der Waals surface area contributed by atoms with Crippen molar-refractivity contribution < 1.29 is 14.7 Å². The van der Waals surface area contributed by atoms with Crippen molar-refractivity contribution in [3.05, 3.63) is 101 Å². The molecule has 0 spiro atoms. The Balaban J connectivity index is 1.30. The van der Waals surface area contributed by atoms with E-state index in [1.807, 2.05) is 60.7 Å². The van der Waals surface area contributed by atoms with Crippen molar-refractivity contribution in [2.45, 2.75) is 57.8 Å². The van der Waals surface area contributed by atoms with Gasteiger partial charge in [-0.05, 0) is 66.1 Å². The molecule has 3 N–H and O–H groups in total. The van der Waals surface area contributed by atoms with Crippen molar-refractivity contribution in [1.82, 2.24) is 15.1 Å². The lowest BCUT2D eigenvalue weighted by molar-refractivity contribution is 0.102. The van der Waals surface area contributed by atoms with Crippen molar-refractivity contribution in [2.24, 2.45) is 0 Å². The van der Waals surface area contributed by atoms with E-state index >= 15 is 0 Å². The number of anilines is 1. The zero-order valence-electron chi connectivity index (χ0n) is 23.3. The number of carbonyl (C=O) groups is 2. The summed E-state index contributed by atoms with van der Waals surface area (Å²) in [5.41, 5.74) is 5.21. The van der Waals surface area contributed by atoms with Gasteiger partial charge in [0.05, 0.1) is 11.4 Å². The lowest BCUT2D eigenvalue weighted by Crippen LogP contribution is -2.33. The number of carbonyl (C=O) groups excluding carboxylic acids is 2. The molecule has 1 aromatic heterocycles. The SMILES string of the molecule is CC(C)(C)c1ccc(C(=O)Nc2ccc(-c3cc(C4CCC4)n(C(=O)NCCc4ccccc4)n3)c(O)c2)cc1. The number of phenols is 1. The molecule has 4 aromatic rings. The number of rotatable bonds is 7. The fourth-order valence-corrected chi connectivity index (χ4v) is 4.87. The van der Waals surface area contributed by atoms with Gasteiger partial charge in [0.25, 0.3) is 5.91 Å². The van der Waals surface area contributed by atoms with E-state index < -0.39 is 0 Å². The van der Waals surface area contributed by atoms with Gasteiger partial charge in [0.15, 0.2) is 0 Å². The maximum absolute atomic E-state index is 13.1.